The van der Waals surface area contributed by atoms with E-state index < -0.39 is 0 Å². The van der Waals surface area contributed by atoms with Gasteiger partial charge in [-0.2, -0.15) is 0 Å². The van der Waals surface area contributed by atoms with Crippen molar-refractivity contribution in [1.29, 1.82) is 0 Å². The number of aryl methyl sites for hydroxylation is 1. The maximum atomic E-state index is 15.0. The van der Waals surface area contributed by atoms with Gasteiger partial charge in [0.25, 0.3) is 0 Å². The Kier molecular flexibility index (Phi) is 8.81. The largest absolute Gasteiger partial charge is 0.205 e. The minimum Gasteiger partial charge on any atom is -0.205 e. The first-order valence-electron chi connectivity index (χ1n) is 13.5. The Labute approximate surface area is 206 Å². The molecule has 0 saturated heterocycles. The number of unbranched alkanes of at least 4 members (excludes halogenated alkanes) is 3. The number of benzene rings is 3. The fourth-order valence-corrected chi connectivity index (χ4v) is 5.50. The van der Waals surface area contributed by atoms with Gasteiger partial charge in [-0.05, 0) is 78.7 Å². The zero-order valence-electron chi connectivity index (χ0n) is 21.0. The second kappa shape index (κ2) is 12.2. The van der Waals surface area contributed by atoms with E-state index >= 15 is 4.39 Å². The van der Waals surface area contributed by atoms with Gasteiger partial charge in [-0.15, -0.1) is 0 Å². The van der Waals surface area contributed by atoms with E-state index in [0.29, 0.717) is 16.9 Å². The summed E-state index contributed by atoms with van der Waals surface area (Å²) in [5.74, 6) is 7.66. The summed E-state index contributed by atoms with van der Waals surface area (Å²) in [7, 11) is 0. The molecular formula is C33H39F. The topological polar surface area (TPSA) is 0 Å². The minimum atomic E-state index is -0.212. The van der Waals surface area contributed by atoms with Crippen molar-refractivity contribution in [3.8, 4) is 11.8 Å². The molecule has 1 fully saturated rings. The van der Waals surface area contributed by atoms with Crippen LogP contribution < -0.4 is 0 Å². The Morgan fingerprint density at radius 3 is 2.32 bits per heavy atom. The second-order valence-corrected chi connectivity index (χ2v) is 10.2. The van der Waals surface area contributed by atoms with Crippen molar-refractivity contribution in [1.82, 2.24) is 0 Å². The molecule has 178 valence electrons. The van der Waals surface area contributed by atoms with Crippen LogP contribution in [0.15, 0.2) is 54.6 Å². The number of hydrogen-bond donors (Lipinski definition) is 0. The zero-order valence-corrected chi connectivity index (χ0v) is 21.0. The summed E-state index contributed by atoms with van der Waals surface area (Å²) in [6.07, 6.45) is 14.4. The fourth-order valence-electron chi connectivity index (χ4n) is 5.50. The van der Waals surface area contributed by atoms with Crippen LogP contribution in [0.4, 0.5) is 4.39 Å². The average molecular weight is 455 g/mol. The quantitative estimate of drug-likeness (QED) is 0.235. The average Bonchev–Trinajstić information content (AvgIpc) is 2.87. The van der Waals surface area contributed by atoms with Gasteiger partial charge in [0, 0.05) is 10.9 Å². The lowest BCUT2D eigenvalue weighted by Gasteiger charge is -2.29. The van der Waals surface area contributed by atoms with Crippen molar-refractivity contribution in [2.75, 3.05) is 0 Å². The maximum absolute atomic E-state index is 15.0. The van der Waals surface area contributed by atoms with Gasteiger partial charge >= 0.3 is 0 Å². The highest BCUT2D eigenvalue weighted by molar-refractivity contribution is 5.85. The Hall–Kier alpha value is -2.59. The molecule has 1 aliphatic rings. The zero-order chi connectivity index (χ0) is 23.8. The van der Waals surface area contributed by atoms with Gasteiger partial charge in [0.2, 0.25) is 0 Å². The van der Waals surface area contributed by atoms with Crippen molar-refractivity contribution < 1.29 is 4.39 Å². The lowest BCUT2D eigenvalue weighted by molar-refractivity contribution is 0.302. The summed E-state index contributed by atoms with van der Waals surface area (Å²) >= 11 is 0. The van der Waals surface area contributed by atoms with Crippen LogP contribution in [0.25, 0.3) is 10.8 Å². The molecule has 0 spiro atoms. The van der Waals surface area contributed by atoms with Gasteiger partial charge in [0.05, 0.1) is 5.56 Å². The van der Waals surface area contributed by atoms with E-state index in [9.17, 15) is 0 Å². The Morgan fingerprint density at radius 1 is 0.794 bits per heavy atom. The predicted molar refractivity (Wildman–Crippen MR) is 144 cm³/mol. The van der Waals surface area contributed by atoms with Crippen LogP contribution in [0.5, 0.6) is 0 Å². The van der Waals surface area contributed by atoms with Crippen LogP contribution in [0.1, 0.15) is 106 Å². The third kappa shape index (κ3) is 6.29. The molecule has 0 nitrogen and oxygen atoms in total. The van der Waals surface area contributed by atoms with Crippen molar-refractivity contribution in [3.05, 3.63) is 82.7 Å². The summed E-state index contributed by atoms with van der Waals surface area (Å²) in [4.78, 5) is 0. The summed E-state index contributed by atoms with van der Waals surface area (Å²) in [6, 6.07) is 18.5. The molecule has 0 amide bonds. The first-order valence-corrected chi connectivity index (χ1v) is 13.5. The highest BCUT2D eigenvalue weighted by atomic mass is 19.1. The number of fused-ring (bicyclic) bond motifs is 1. The summed E-state index contributed by atoms with van der Waals surface area (Å²) < 4.78 is 15.0. The molecule has 0 aromatic heterocycles. The Morgan fingerprint density at radius 2 is 1.59 bits per heavy atom. The van der Waals surface area contributed by atoms with E-state index in [0.717, 1.165) is 29.7 Å². The van der Waals surface area contributed by atoms with Crippen molar-refractivity contribution in [2.24, 2.45) is 5.92 Å². The Bertz CT molecular complexity index is 1120. The molecule has 0 radical (unpaired) electrons. The SMILES string of the molecule is CCCCCCC1CCC(c2ccc(C#Cc3ccc4cc(CCC)ccc4c3F)cc2)CC1. The third-order valence-corrected chi connectivity index (χ3v) is 7.59. The molecule has 34 heavy (non-hydrogen) atoms. The molecule has 0 N–H and O–H groups in total. The molecule has 1 heteroatoms. The van der Waals surface area contributed by atoms with Gasteiger partial charge in [-0.1, -0.05) is 101 Å². The van der Waals surface area contributed by atoms with Gasteiger partial charge in [0.1, 0.15) is 5.82 Å². The van der Waals surface area contributed by atoms with Gasteiger partial charge in [-0.25, -0.2) is 4.39 Å². The van der Waals surface area contributed by atoms with Gasteiger partial charge in [-0.3, -0.25) is 0 Å². The molecule has 3 aromatic carbocycles. The van der Waals surface area contributed by atoms with E-state index in [-0.39, 0.29) is 5.82 Å². The molecular weight excluding hydrogens is 415 g/mol. The van der Waals surface area contributed by atoms with Crippen LogP contribution in [0.3, 0.4) is 0 Å². The van der Waals surface area contributed by atoms with Crippen molar-refractivity contribution in [2.45, 2.75) is 90.4 Å². The number of halogens is 1. The molecule has 3 aromatic rings. The van der Waals surface area contributed by atoms with E-state index in [4.69, 9.17) is 0 Å². The molecule has 0 aliphatic heterocycles. The van der Waals surface area contributed by atoms with Crippen LogP contribution in [0.2, 0.25) is 0 Å². The lowest BCUT2D eigenvalue weighted by atomic mass is 9.77. The first kappa shape index (κ1) is 24.5. The third-order valence-electron chi connectivity index (χ3n) is 7.59. The molecule has 0 atom stereocenters. The van der Waals surface area contributed by atoms with Crippen LogP contribution in [-0.4, -0.2) is 0 Å². The Balaban J connectivity index is 1.37. The molecule has 0 heterocycles. The summed E-state index contributed by atoms with van der Waals surface area (Å²) in [5, 5.41) is 1.61. The smallest absolute Gasteiger partial charge is 0.146 e. The molecule has 4 rings (SSSR count). The number of rotatable bonds is 8. The van der Waals surface area contributed by atoms with Crippen molar-refractivity contribution in [3.63, 3.8) is 0 Å². The summed E-state index contributed by atoms with van der Waals surface area (Å²) in [6.45, 7) is 4.45. The maximum Gasteiger partial charge on any atom is 0.146 e. The van der Waals surface area contributed by atoms with Gasteiger partial charge < -0.3 is 0 Å². The highest BCUT2D eigenvalue weighted by Crippen LogP contribution is 2.37. The molecule has 0 unspecified atom stereocenters. The molecule has 1 aliphatic carbocycles. The lowest BCUT2D eigenvalue weighted by Crippen LogP contribution is -2.13. The first-order chi connectivity index (χ1) is 16.7. The summed E-state index contributed by atoms with van der Waals surface area (Å²) in [5.41, 5.74) is 4.12. The van der Waals surface area contributed by atoms with E-state index in [1.54, 1.807) is 0 Å². The minimum absolute atomic E-state index is 0.212. The monoisotopic (exact) mass is 454 g/mol. The van der Waals surface area contributed by atoms with E-state index in [1.807, 2.05) is 24.3 Å². The van der Waals surface area contributed by atoms with Crippen LogP contribution in [0, 0.1) is 23.6 Å². The molecule has 1 saturated carbocycles. The second-order valence-electron chi connectivity index (χ2n) is 10.2. The van der Waals surface area contributed by atoms with Gasteiger partial charge in [0.15, 0.2) is 0 Å². The molecule has 0 bridgehead atoms. The van der Waals surface area contributed by atoms with Crippen LogP contribution in [-0.2, 0) is 6.42 Å². The fraction of sp³-hybridized carbons (Fsp3) is 0.455. The van der Waals surface area contributed by atoms with Crippen molar-refractivity contribution >= 4 is 10.8 Å². The van der Waals surface area contributed by atoms with E-state index in [1.165, 1.54) is 68.9 Å². The highest BCUT2D eigenvalue weighted by Gasteiger charge is 2.21. The normalized spacial score (nSPS) is 18.0. The number of hydrogen-bond acceptors (Lipinski definition) is 0. The van der Waals surface area contributed by atoms with E-state index in [2.05, 4.69) is 56.0 Å². The predicted octanol–water partition coefficient (Wildman–Crippen LogP) is 9.58. The van der Waals surface area contributed by atoms with Crippen LogP contribution >= 0.6 is 0 Å². The standard InChI is InChI=1S/C33H39F/c1-3-5-6-7-9-25-10-16-28(17-11-25)29-18-12-26(13-19-29)14-20-30-21-22-31-24-27(8-4-2)15-23-32(31)33(30)34/h12-13,15,18-19,21-25,28H,3-11,16-17H2,1-2H3.